The van der Waals surface area contributed by atoms with Crippen molar-refractivity contribution in [3.63, 3.8) is 0 Å². The fraction of sp³-hybridized carbons (Fsp3) is 0.261. The van der Waals surface area contributed by atoms with Crippen LogP contribution in [0.15, 0.2) is 69.9 Å². The summed E-state index contributed by atoms with van der Waals surface area (Å²) in [6.45, 7) is 1.76. The maximum absolute atomic E-state index is 13.2. The Balaban J connectivity index is 1.45. The number of anilines is 1. The van der Waals surface area contributed by atoms with Gasteiger partial charge in [-0.2, -0.15) is 4.68 Å². The molecule has 1 aromatic heterocycles. The summed E-state index contributed by atoms with van der Waals surface area (Å²) in [5.41, 5.74) is 1.23. The van der Waals surface area contributed by atoms with Crippen molar-refractivity contribution >= 4 is 27.7 Å². The van der Waals surface area contributed by atoms with Crippen LogP contribution in [0.3, 0.4) is 0 Å². The summed E-state index contributed by atoms with van der Waals surface area (Å²) in [5, 5.41) is 7.49. The minimum atomic E-state index is -0.374. The van der Waals surface area contributed by atoms with Crippen LogP contribution in [-0.2, 0) is 11.3 Å². The first-order chi connectivity index (χ1) is 15.0. The third-order valence-corrected chi connectivity index (χ3v) is 5.82. The number of halogens is 2. The minimum absolute atomic E-state index is 0.0107. The van der Waals surface area contributed by atoms with E-state index in [1.807, 2.05) is 29.2 Å². The van der Waals surface area contributed by atoms with Crippen molar-refractivity contribution in [2.24, 2.45) is 5.92 Å². The van der Waals surface area contributed by atoms with E-state index in [-0.39, 0.29) is 23.2 Å². The molecular formula is C23H22BrFN4O2. The highest BCUT2D eigenvalue weighted by molar-refractivity contribution is 9.10. The Morgan fingerprint density at radius 1 is 1.16 bits per heavy atom. The van der Waals surface area contributed by atoms with E-state index in [4.69, 9.17) is 0 Å². The summed E-state index contributed by atoms with van der Waals surface area (Å²) in [6, 6.07) is 16.6. The summed E-state index contributed by atoms with van der Waals surface area (Å²) in [7, 11) is 0. The molecule has 2 aromatic carbocycles. The Hall–Kier alpha value is -3.00. The van der Waals surface area contributed by atoms with Gasteiger partial charge in [0.15, 0.2) is 0 Å². The second-order valence-electron chi connectivity index (χ2n) is 7.55. The van der Waals surface area contributed by atoms with Gasteiger partial charge in [-0.15, -0.1) is 5.10 Å². The first-order valence-corrected chi connectivity index (χ1v) is 10.9. The smallest absolute Gasteiger partial charge is 0.271 e. The van der Waals surface area contributed by atoms with E-state index in [0.717, 1.165) is 29.4 Å². The number of hydrogen-bond acceptors (Lipinski definition) is 4. The Kier molecular flexibility index (Phi) is 6.46. The molecule has 0 unspecified atom stereocenters. The monoisotopic (exact) mass is 484 g/mol. The normalized spacial score (nSPS) is 16.2. The van der Waals surface area contributed by atoms with E-state index >= 15 is 0 Å². The van der Waals surface area contributed by atoms with Crippen LogP contribution < -0.4 is 15.8 Å². The zero-order chi connectivity index (χ0) is 21.8. The van der Waals surface area contributed by atoms with E-state index in [1.54, 1.807) is 6.07 Å². The van der Waals surface area contributed by atoms with Crippen LogP contribution in [0.1, 0.15) is 18.4 Å². The van der Waals surface area contributed by atoms with Crippen molar-refractivity contribution in [3.8, 4) is 5.69 Å². The van der Waals surface area contributed by atoms with Gasteiger partial charge in [-0.1, -0.05) is 28.1 Å². The molecule has 1 aliphatic rings. The Morgan fingerprint density at radius 3 is 2.74 bits per heavy atom. The molecule has 0 saturated carbocycles. The van der Waals surface area contributed by atoms with E-state index in [0.29, 0.717) is 24.6 Å². The number of benzene rings is 2. The van der Waals surface area contributed by atoms with E-state index in [2.05, 4.69) is 26.3 Å². The molecule has 8 heteroatoms. The third kappa shape index (κ3) is 5.19. The molecule has 1 fully saturated rings. The molecule has 1 atom stereocenters. The lowest BCUT2D eigenvalue weighted by atomic mass is 9.97. The summed E-state index contributed by atoms with van der Waals surface area (Å²) < 4.78 is 15.5. The number of amides is 1. The van der Waals surface area contributed by atoms with Crippen LogP contribution in [0.5, 0.6) is 0 Å². The Labute approximate surface area is 187 Å². The molecule has 31 heavy (non-hydrogen) atoms. The number of carbonyl (C=O) groups excluding carboxylic acids is 1. The van der Waals surface area contributed by atoms with Gasteiger partial charge in [-0.25, -0.2) is 4.39 Å². The zero-order valence-electron chi connectivity index (χ0n) is 16.8. The summed E-state index contributed by atoms with van der Waals surface area (Å²) in [4.78, 5) is 27.0. The van der Waals surface area contributed by atoms with Gasteiger partial charge >= 0.3 is 0 Å². The molecular weight excluding hydrogens is 463 g/mol. The fourth-order valence-corrected chi connectivity index (χ4v) is 4.16. The van der Waals surface area contributed by atoms with Crippen LogP contribution in [0, 0.1) is 11.7 Å². The molecule has 160 valence electrons. The SMILES string of the molecule is O=C(NCc1cccc(Br)c1)[C@H]1CCCN(c2ccc(=O)n(-c3ccc(F)cc3)n2)C1. The lowest BCUT2D eigenvalue weighted by molar-refractivity contribution is -0.125. The van der Waals surface area contributed by atoms with Gasteiger partial charge in [-0.3, -0.25) is 9.59 Å². The lowest BCUT2D eigenvalue weighted by Crippen LogP contribution is -2.43. The molecule has 0 bridgehead atoms. The van der Waals surface area contributed by atoms with Crippen molar-refractivity contribution in [3.05, 3.63) is 86.9 Å². The molecule has 2 heterocycles. The van der Waals surface area contributed by atoms with Gasteiger partial charge in [-0.05, 0) is 60.9 Å². The highest BCUT2D eigenvalue weighted by Crippen LogP contribution is 2.22. The largest absolute Gasteiger partial charge is 0.354 e. The number of rotatable bonds is 5. The van der Waals surface area contributed by atoms with E-state index < -0.39 is 0 Å². The Bertz CT molecular complexity index is 1130. The number of carbonyl (C=O) groups is 1. The number of hydrogen-bond donors (Lipinski definition) is 1. The Morgan fingerprint density at radius 2 is 1.97 bits per heavy atom. The second-order valence-corrected chi connectivity index (χ2v) is 8.47. The molecule has 1 aliphatic heterocycles. The van der Waals surface area contributed by atoms with Gasteiger partial charge in [0.1, 0.15) is 11.6 Å². The van der Waals surface area contributed by atoms with Gasteiger partial charge in [0.25, 0.3) is 5.56 Å². The average molecular weight is 485 g/mol. The van der Waals surface area contributed by atoms with Crippen molar-refractivity contribution < 1.29 is 9.18 Å². The van der Waals surface area contributed by atoms with Crippen molar-refractivity contribution in [1.82, 2.24) is 15.1 Å². The molecule has 0 aliphatic carbocycles. The fourth-order valence-electron chi connectivity index (χ4n) is 3.72. The maximum Gasteiger partial charge on any atom is 0.271 e. The molecule has 4 rings (SSSR count). The van der Waals surface area contributed by atoms with Crippen molar-refractivity contribution in [2.45, 2.75) is 19.4 Å². The highest BCUT2D eigenvalue weighted by atomic mass is 79.9. The maximum atomic E-state index is 13.2. The van der Waals surface area contributed by atoms with Crippen LogP contribution in [0.4, 0.5) is 10.2 Å². The summed E-state index contributed by atoms with van der Waals surface area (Å²) in [5.74, 6) is 0.0968. The van der Waals surface area contributed by atoms with Crippen molar-refractivity contribution in [1.29, 1.82) is 0 Å². The number of nitrogens with one attached hydrogen (secondary N) is 1. The quantitative estimate of drug-likeness (QED) is 0.599. The predicted octanol–water partition coefficient (Wildman–Crippen LogP) is 3.67. The molecule has 1 amide bonds. The standard InChI is InChI=1S/C23H22BrFN4O2/c24-18-5-1-3-16(13-18)14-26-23(31)17-4-2-12-28(15-17)21-10-11-22(30)29(27-21)20-8-6-19(25)7-9-20/h1,3,5-11,13,17H,2,4,12,14-15H2,(H,26,31)/t17-/m0/s1. The topological polar surface area (TPSA) is 67.2 Å². The zero-order valence-corrected chi connectivity index (χ0v) is 18.4. The number of aromatic nitrogens is 2. The summed E-state index contributed by atoms with van der Waals surface area (Å²) in [6.07, 6.45) is 1.66. The molecule has 6 nitrogen and oxygen atoms in total. The number of piperidine rings is 1. The van der Waals surface area contributed by atoms with Crippen LogP contribution in [-0.4, -0.2) is 28.8 Å². The van der Waals surface area contributed by atoms with Gasteiger partial charge in [0.2, 0.25) is 5.91 Å². The predicted molar refractivity (Wildman–Crippen MR) is 121 cm³/mol. The second kappa shape index (κ2) is 9.43. The van der Waals surface area contributed by atoms with E-state index in [9.17, 15) is 14.0 Å². The number of nitrogens with zero attached hydrogens (tertiary/aromatic N) is 3. The first kappa shape index (κ1) is 21.2. The first-order valence-electron chi connectivity index (χ1n) is 10.1. The highest BCUT2D eigenvalue weighted by Gasteiger charge is 2.26. The molecule has 1 N–H and O–H groups in total. The minimum Gasteiger partial charge on any atom is -0.354 e. The molecule has 3 aromatic rings. The third-order valence-electron chi connectivity index (χ3n) is 5.33. The van der Waals surface area contributed by atoms with Crippen molar-refractivity contribution in [2.75, 3.05) is 18.0 Å². The lowest BCUT2D eigenvalue weighted by Gasteiger charge is -2.33. The van der Waals surface area contributed by atoms with Crippen LogP contribution in [0.2, 0.25) is 0 Å². The van der Waals surface area contributed by atoms with Crippen LogP contribution >= 0.6 is 15.9 Å². The van der Waals surface area contributed by atoms with Crippen LogP contribution in [0.25, 0.3) is 5.69 Å². The molecule has 0 spiro atoms. The van der Waals surface area contributed by atoms with Gasteiger partial charge < -0.3 is 10.2 Å². The molecule has 1 saturated heterocycles. The molecule has 0 radical (unpaired) electrons. The van der Waals surface area contributed by atoms with E-state index in [1.165, 1.54) is 35.0 Å². The summed E-state index contributed by atoms with van der Waals surface area (Å²) >= 11 is 3.44. The average Bonchev–Trinajstić information content (AvgIpc) is 2.79. The van der Waals surface area contributed by atoms with Gasteiger partial charge in [0.05, 0.1) is 11.6 Å². The van der Waals surface area contributed by atoms with Gasteiger partial charge in [0, 0.05) is 30.2 Å².